The Kier molecular flexibility index (Phi) is 4.04. The number of nitrogens with zero attached hydrogens (tertiary/aromatic N) is 1. The second-order valence-electron chi connectivity index (χ2n) is 5.09. The molecule has 0 aromatic heterocycles. The van der Waals surface area contributed by atoms with Gasteiger partial charge in [0.2, 0.25) is 0 Å². The van der Waals surface area contributed by atoms with Crippen LogP contribution in [0.5, 0.6) is 0 Å². The van der Waals surface area contributed by atoms with Crippen molar-refractivity contribution in [3.63, 3.8) is 0 Å². The van der Waals surface area contributed by atoms with Gasteiger partial charge >= 0.3 is 6.09 Å². The predicted octanol–water partition coefficient (Wildman–Crippen LogP) is 2.62. The molecule has 1 aliphatic heterocycles. The molecule has 4 nitrogen and oxygen atoms in total. The summed E-state index contributed by atoms with van der Waals surface area (Å²) in [5.41, 5.74) is 0.924. The highest BCUT2D eigenvalue weighted by molar-refractivity contribution is 5.65. The number of amides is 1. The van der Waals surface area contributed by atoms with E-state index in [2.05, 4.69) is 5.32 Å². The summed E-state index contributed by atoms with van der Waals surface area (Å²) in [7, 11) is 1.57. The molecular formula is C14H19FN2O2. The minimum absolute atomic E-state index is 0.101. The maximum Gasteiger partial charge on any atom is 0.407 e. The van der Waals surface area contributed by atoms with Gasteiger partial charge in [0.1, 0.15) is 5.82 Å². The average molecular weight is 266 g/mol. The monoisotopic (exact) mass is 266 g/mol. The second kappa shape index (κ2) is 5.57. The number of hydrogen-bond acceptors (Lipinski definition) is 2. The SMILES string of the molecule is CC([C@H]1CC[C@@H](c2cccc(F)c2)N1)N(C)C(=O)O. The number of rotatable bonds is 3. The quantitative estimate of drug-likeness (QED) is 0.884. The molecule has 0 radical (unpaired) electrons. The molecule has 0 bridgehead atoms. The number of likely N-dealkylation sites (N-methyl/N-ethyl adjacent to an activating group) is 1. The zero-order valence-electron chi connectivity index (χ0n) is 11.1. The molecule has 2 rings (SSSR count). The highest BCUT2D eigenvalue weighted by Gasteiger charge is 2.32. The standard InChI is InChI=1S/C14H19FN2O2/c1-9(17(2)14(18)19)12-6-7-13(16-12)10-4-3-5-11(15)8-10/h3-5,8-9,12-13,16H,6-7H2,1-2H3,(H,18,19)/t9?,12-,13+/m1/s1. The molecule has 19 heavy (non-hydrogen) atoms. The van der Waals surface area contributed by atoms with Gasteiger partial charge in [-0.3, -0.25) is 0 Å². The third kappa shape index (κ3) is 3.04. The van der Waals surface area contributed by atoms with E-state index < -0.39 is 6.09 Å². The first-order valence-corrected chi connectivity index (χ1v) is 6.46. The van der Waals surface area contributed by atoms with Crippen LogP contribution in [0.2, 0.25) is 0 Å². The molecule has 1 aromatic carbocycles. The Hall–Kier alpha value is -1.62. The minimum atomic E-state index is -0.927. The molecule has 1 fully saturated rings. The van der Waals surface area contributed by atoms with Crippen molar-refractivity contribution in [2.24, 2.45) is 0 Å². The molecule has 104 valence electrons. The van der Waals surface area contributed by atoms with Crippen molar-refractivity contribution in [1.82, 2.24) is 10.2 Å². The Labute approximate surface area is 112 Å². The van der Waals surface area contributed by atoms with Crippen molar-refractivity contribution in [2.45, 2.75) is 37.9 Å². The van der Waals surface area contributed by atoms with Gasteiger partial charge in [-0.2, -0.15) is 0 Å². The summed E-state index contributed by atoms with van der Waals surface area (Å²) in [6.45, 7) is 1.89. The van der Waals surface area contributed by atoms with Gasteiger partial charge in [0.15, 0.2) is 0 Å². The highest BCUT2D eigenvalue weighted by Crippen LogP contribution is 2.29. The largest absolute Gasteiger partial charge is 0.465 e. The maximum absolute atomic E-state index is 13.2. The molecule has 0 spiro atoms. The third-order valence-corrected chi connectivity index (χ3v) is 3.93. The van der Waals surface area contributed by atoms with Crippen molar-refractivity contribution in [1.29, 1.82) is 0 Å². The number of hydrogen-bond donors (Lipinski definition) is 2. The molecule has 0 aliphatic carbocycles. The number of benzene rings is 1. The third-order valence-electron chi connectivity index (χ3n) is 3.93. The molecular weight excluding hydrogens is 247 g/mol. The van der Waals surface area contributed by atoms with E-state index >= 15 is 0 Å². The van der Waals surface area contributed by atoms with Gasteiger partial charge in [0.05, 0.1) is 0 Å². The van der Waals surface area contributed by atoms with Crippen LogP contribution < -0.4 is 5.32 Å². The van der Waals surface area contributed by atoms with Crippen molar-refractivity contribution >= 4 is 6.09 Å². The van der Waals surface area contributed by atoms with Gasteiger partial charge in [-0.1, -0.05) is 12.1 Å². The topological polar surface area (TPSA) is 52.6 Å². The van der Waals surface area contributed by atoms with Gasteiger partial charge in [0.25, 0.3) is 0 Å². The lowest BCUT2D eigenvalue weighted by atomic mass is 10.0. The average Bonchev–Trinajstić information content (AvgIpc) is 2.86. The molecule has 2 N–H and O–H groups in total. The number of carbonyl (C=O) groups is 1. The lowest BCUT2D eigenvalue weighted by Gasteiger charge is -2.28. The van der Waals surface area contributed by atoms with Gasteiger partial charge in [-0.05, 0) is 37.5 Å². The fourth-order valence-corrected chi connectivity index (χ4v) is 2.58. The van der Waals surface area contributed by atoms with E-state index in [0.29, 0.717) is 0 Å². The smallest absolute Gasteiger partial charge is 0.407 e. The summed E-state index contributed by atoms with van der Waals surface area (Å²) in [6, 6.07) is 6.67. The zero-order valence-corrected chi connectivity index (χ0v) is 11.1. The van der Waals surface area contributed by atoms with E-state index in [1.165, 1.54) is 17.0 Å². The number of halogens is 1. The summed E-state index contributed by atoms with van der Waals surface area (Å²) >= 11 is 0. The van der Waals surface area contributed by atoms with E-state index in [1.807, 2.05) is 13.0 Å². The van der Waals surface area contributed by atoms with E-state index in [4.69, 9.17) is 5.11 Å². The van der Waals surface area contributed by atoms with Crippen LogP contribution in [0.1, 0.15) is 31.4 Å². The first kappa shape index (κ1) is 13.8. The van der Waals surface area contributed by atoms with Gasteiger partial charge in [0, 0.05) is 25.2 Å². The molecule has 1 unspecified atom stereocenters. The van der Waals surface area contributed by atoms with Crippen LogP contribution in [0.15, 0.2) is 24.3 Å². The van der Waals surface area contributed by atoms with Gasteiger partial charge < -0.3 is 15.3 Å². The van der Waals surface area contributed by atoms with Crippen LogP contribution in [-0.4, -0.2) is 35.2 Å². The fraction of sp³-hybridized carbons (Fsp3) is 0.500. The van der Waals surface area contributed by atoms with Gasteiger partial charge in [-0.25, -0.2) is 9.18 Å². The molecule has 0 saturated carbocycles. The van der Waals surface area contributed by atoms with Crippen LogP contribution in [0.4, 0.5) is 9.18 Å². The van der Waals surface area contributed by atoms with Crippen molar-refractivity contribution in [3.05, 3.63) is 35.6 Å². The molecule has 5 heteroatoms. The summed E-state index contributed by atoms with van der Waals surface area (Å²) in [4.78, 5) is 12.3. The summed E-state index contributed by atoms with van der Waals surface area (Å²) in [5, 5.41) is 12.4. The van der Waals surface area contributed by atoms with Crippen LogP contribution in [0.3, 0.4) is 0 Å². The van der Waals surface area contributed by atoms with Gasteiger partial charge in [-0.15, -0.1) is 0 Å². The predicted molar refractivity (Wildman–Crippen MR) is 70.5 cm³/mol. The minimum Gasteiger partial charge on any atom is -0.465 e. The first-order chi connectivity index (χ1) is 8.99. The normalized spacial score (nSPS) is 24.2. The van der Waals surface area contributed by atoms with Crippen LogP contribution in [0.25, 0.3) is 0 Å². The highest BCUT2D eigenvalue weighted by atomic mass is 19.1. The fourth-order valence-electron chi connectivity index (χ4n) is 2.58. The molecule has 3 atom stereocenters. The van der Waals surface area contributed by atoms with Crippen molar-refractivity contribution < 1.29 is 14.3 Å². The van der Waals surface area contributed by atoms with Crippen LogP contribution >= 0.6 is 0 Å². The van der Waals surface area contributed by atoms with Crippen molar-refractivity contribution in [2.75, 3.05) is 7.05 Å². The lowest BCUT2D eigenvalue weighted by Crippen LogP contribution is -2.46. The first-order valence-electron chi connectivity index (χ1n) is 6.46. The van der Waals surface area contributed by atoms with E-state index in [1.54, 1.807) is 13.1 Å². The molecule has 1 saturated heterocycles. The summed E-state index contributed by atoms with van der Waals surface area (Å²) in [6.07, 6.45) is 0.856. The Morgan fingerprint density at radius 1 is 1.53 bits per heavy atom. The second-order valence-corrected chi connectivity index (χ2v) is 5.09. The molecule has 1 heterocycles. The lowest BCUT2D eigenvalue weighted by molar-refractivity contribution is 0.132. The molecule has 1 amide bonds. The number of carboxylic acid groups (broad SMARTS) is 1. The number of nitrogens with one attached hydrogen (secondary N) is 1. The maximum atomic E-state index is 13.2. The van der Waals surface area contributed by atoms with E-state index in [9.17, 15) is 9.18 Å². The summed E-state index contributed by atoms with van der Waals surface area (Å²) in [5.74, 6) is -0.238. The molecule has 1 aromatic rings. The molecule has 1 aliphatic rings. The Balaban J connectivity index is 2.02. The zero-order chi connectivity index (χ0) is 14.0. The van der Waals surface area contributed by atoms with Crippen molar-refractivity contribution in [3.8, 4) is 0 Å². The Morgan fingerprint density at radius 3 is 2.89 bits per heavy atom. The van der Waals surface area contributed by atoms with Crippen LogP contribution in [-0.2, 0) is 0 Å². The summed E-state index contributed by atoms with van der Waals surface area (Å²) < 4.78 is 13.2. The Morgan fingerprint density at radius 2 is 2.26 bits per heavy atom. The Bertz CT molecular complexity index is 467. The van der Waals surface area contributed by atoms with E-state index in [-0.39, 0.29) is 23.9 Å². The van der Waals surface area contributed by atoms with E-state index in [0.717, 1.165) is 18.4 Å². The van der Waals surface area contributed by atoms with Crippen LogP contribution in [0, 0.1) is 5.82 Å².